The lowest BCUT2D eigenvalue weighted by atomic mass is 10.2. The summed E-state index contributed by atoms with van der Waals surface area (Å²) in [5.74, 6) is 2.25. The van der Waals surface area contributed by atoms with Gasteiger partial charge in [-0.25, -0.2) is 14.5 Å². The summed E-state index contributed by atoms with van der Waals surface area (Å²) < 4.78 is 1.88. The summed E-state index contributed by atoms with van der Waals surface area (Å²) in [4.78, 5) is 9.17. The highest BCUT2D eigenvalue weighted by molar-refractivity contribution is 6.30. The van der Waals surface area contributed by atoms with Crippen molar-refractivity contribution < 1.29 is 0 Å². The van der Waals surface area contributed by atoms with Crippen LogP contribution in [0.1, 0.15) is 12.7 Å². The normalized spacial score (nSPS) is 11.5. The van der Waals surface area contributed by atoms with Crippen LogP contribution in [0.25, 0.3) is 28.4 Å². The second-order valence-electron chi connectivity index (χ2n) is 4.70. The molecule has 7 heteroatoms. The SMILES string of the molecule is CCc1nc2nncc-2c2nc(-c3ccc(Cl)cc3)[nH]n12. The lowest BCUT2D eigenvalue weighted by molar-refractivity contribution is 0.810. The Morgan fingerprint density at radius 1 is 1.19 bits per heavy atom. The standard InChI is InChI=1S/C14H11ClN6/c1-2-11-17-13-10(7-16-19-13)14-18-12(20-21(11)14)8-3-5-9(15)6-4-8/h3-7H,2H2,1H3,(H,18,20). The first kappa shape index (κ1) is 12.3. The third-order valence-corrected chi connectivity index (χ3v) is 3.65. The molecule has 0 unspecified atom stereocenters. The second-order valence-corrected chi connectivity index (χ2v) is 5.14. The van der Waals surface area contributed by atoms with Crippen LogP contribution >= 0.6 is 11.6 Å². The summed E-state index contributed by atoms with van der Waals surface area (Å²) in [6, 6.07) is 7.54. The van der Waals surface area contributed by atoms with E-state index in [1.165, 1.54) is 0 Å². The van der Waals surface area contributed by atoms with Gasteiger partial charge in [-0.1, -0.05) is 18.5 Å². The van der Waals surface area contributed by atoms with Crippen LogP contribution in [0.2, 0.25) is 5.02 Å². The zero-order chi connectivity index (χ0) is 14.4. The van der Waals surface area contributed by atoms with Gasteiger partial charge >= 0.3 is 0 Å². The monoisotopic (exact) mass is 298 g/mol. The number of hydrogen-bond acceptors (Lipinski definition) is 4. The quantitative estimate of drug-likeness (QED) is 0.617. The largest absolute Gasteiger partial charge is 0.274 e. The zero-order valence-electron chi connectivity index (χ0n) is 11.2. The van der Waals surface area contributed by atoms with Crippen LogP contribution in [-0.4, -0.2) is 29.8 Å². The average Bonchev–Trinajstić information content (AvgIpc) is 3.12. The van der Waals surface area contributed by atoms with Gasteiger partial charge in [-0.05, 0) is 24.3 Å². The van der Waals surface area contributed by atoms with Gasteiger partial charge < -0.3 is 0 Å². The lowest BCUT2D eigenvalue weighted by Gasteiger charge is -2.03. The number of H-pyrrole nitrogens is 1. The van der Waals surface area contributed by atoms with Crippen LogP contribution in [-0.2, 0) is 6.42 Å². The molecule has 2 aromatic rings. The number of aromatic amines is 1. The number of aromatic nitrogens is 6. The maximum atomic E-state index is 5.93. The minimum absolute atomic E-state index is 0.626. The summed E-state index contributed by atoms with van der Waals surface area (Å²) in [6.07, 6.45) is 2.45. The fourth-order valence-corrected chi connectivity index (χ4v) is 2.47. The number of nitrogens with zero attached hydrogens (tertiary/aromatic N) is 5. The first-order chi connectivity index (χ1) is 10.3. The van der Waals surface area contributed by atoms with Gasteiger partial charge in [-0.2, -0.15) is 5.10 Å². The molecule has 2 aliphatic heterocycles. The molecule has 21 heavy (non-hydrogen) atoms. The minimum atomic E-state index is 0.626. The molecule has 0 saturated carbocycles. The van der Waals surface area contributed by atoms with Crippen LogP contribution in [0.3, 0.4) is 0 Å². The van der Waals surface area contributed by atoms with Gasteiger partial charge in [0.05, 0.1) is 11.8 Å². The molecule has 0 aliphatic carbocycles. The van der Waals surface area contributed by atoms with Gasteiger partial charge in [0.15, 0.2) is 17.3 Å². The summed E-state index contributed by atoms with van der Waals surface area (Å²) in [5.41, 5.74) is 2.58. The Hall–Kier alpha value is -2.47. The summed E-state index contributed by atoms with van der Waals surface area (Å²) in [6.45, 7) is 2.04. The molecule has 1 N–H and O–H groups in total. The number of nitrogens with one attached hydrogen (secondary N) is 1. The average molecular weight is 299 g/mol. The van der Waals surface area contributed by atoms with E-state index in [2.05, 4.69) is 25.3 Å². The molecular weight excluding hydrogens is 288 g/mol. The van der Waals surface area contributed by atoms with E-state index >= 15 is 0 Å². The molecule has 2 aliphatic rings. The molecule has 6 nitrogen and oxygen atoms in total. The third kappa shape index (κ3) is 1.87. The number of benzene rings is 1. The Kier molecular flexibility index (Phi) is 2.65. The van der Waals surface area contributed by atoms with Crippen molar-refractivity contribution in [1.29, 1.82) is 0 Å². The molecule has 0 fully saturated rings. The molecule has 0 amide bonds. The van der Waals surface area contributed by atoms with Crippen LogP contribution < -0.4 is 0 Å². The minimum Gasteiger partial charge on any atom is -0.274 e. The molecular formula is C14H11ClN6. The third-order valence-electron chi connectivity index (χ3n) is 3.40. The molecule has 0 radical (unpaired) electrons. The molecule has 0 bridgehead atoms. The molecule has 104 valence electrons. The van der Waals surface area contributed by atoms with E-state index in [-0.39, 0.29) is 0 Å². The highest BCUT2D eigenvalue weighted by atomic mass is 35.5. The fourth-order valence-electron chi connectivity index (χ4n) is 2.35. The zero-order valence-corrected chi connectivity index (χ0v) is 12.0. The Morgan fingerprint density at radius 3 is 2.76 bits per heavy atom. The molecule has 1 aromatic carbocycles. The maximum Gasteiger partial charge on any atom is 0.188 e. The van der Waals surface area contributed by atoms with Gasteiger partial charge in [0, 0.05) is 17.0 Å². The number of fused-ring (bicyclic) bond motifs is 3. The molecule has 0 saturated heterocycles. The number of rotatable bonds is 2. The van der Waals surface area contributed by atoms with E-state index in [9.17, 15) is 0 Å². The smallest absolute Gasteiger partial charge is 0.188 e. The van der Waals surface area contributed by atoms with Crippen molar-refractivity contribution in [2.24, 2.45) is 0 Å². The second kappa shape index (κ2) is 4.53. The highest BCUT2D eigenvalue weighted by Gasteiger charge is 2.18. The van der Waals surface area contributed by atoms with E-state index in [1.54, 1.807) is 6.20 Å². The molecule has 0 spiro atoms. The van der Waals surface area contributed by atoms with Crippen LogP contribution in [0.5, 0.6) is 0 Å². The van der Waals surface area contributed by atoms with Crippen molar-refractivity contribution in [3.05, 3.63) is 41.3 Å². The van der Waals surface area contributed by atoms with Crippen molar-refractivity contribution in [2.75, 3.05) is 0 Å². The Bertz CT molecular complexity index is 892. The van der Waals surface area contributed by atoms with Gasteiger partial charge in [0.2, 0.25) is 0 Å². The number of hydrogen-bond donors (Lipinski definition) is 1. The van der Waals surface area contributed by atoms with E-state index < -0.39 is 0 Å². The van der Waals surface area contributed by atoms with Crippen molar-refractivity contribution in [1.82, 2.24) is 29.8 Å². The predicted octanol–water partition coefficient (Wildman–Crippen LogP) is 2.84. The molecule has 4 rings (SSSR count). The van der Waals surface area contributed by atoms with Gasteiger partial charge in [0.25, 0.3) is 0 Å². The van der Waals surface area contributed by atoms with E-state index in [0.29, 0.717) is 10.8 Å². The van der Waals surface area contributed by atoms with Crippen molar-refractivity contribution in [3.63, 3.8) is 0 Å². The van der Waals surface area contributed by atoms with E-state index in [1.807, 2.05) is 35.7 Å². The van der Waals surface area contributed by atoms with Crippen LogP contribution in [0.15, 0.2) is 30.5 Å². The van der Waals surface area contributed by atoms with Crippen LogP contribution in [0.4, 0.5) is 0 Å². The first-order valence-electron chi connectivity index (χ1n) is 6.61. The van der Waals surface area contributed by atoms with Gasteiger partial charge in [-0.3, -0.25) is 5.10 Å². The number of aryl methyl sites for hydroxylation is 1. The van der Waals surface area contributed by atoms with E-state index in [0.717, 1.165) is 34.8 Å². The molecule has 1 aromatic heterocycles. The Morgan fingerprint density at radius 2 is 2.00 bits per heavy atom. The number of halogens is 1. The van der Waals surface area contributed by atoms with Crippen molar-refractivity contribution in [3.8, 4) is 22.8 Å². The van der Waals surface area contributed by atoms with Crippen LogP contribution in [0, 0.1) is 0 Å². The van der Waals surface area contributed by atoms with Crippen molar-refractivity contribution in [2.45, 2.75) is 13.3 Å². The topological polar surface area (TPSA) is 71.8 Å². The highest BCUT2D eigenvalue weighted by Crippen LogP contribution is 2.25. The van der Waals surface area contributed by atoms with E-state index in [4.69, 9.17) is 11.6 Å². The predicted molar refractivity (Wildman–Crippen MR) is 79.4 cm³/mol. The summed E-state index contributed by atoms with van der Waals surface area (Å²) >= 11 is 5.93. The Labute approximate surface area is 125 Å². The lowest BCUT2D eigenvalue weighted by Crippen LogP contribution is -2.04. The molecule has 0 atom stereocenters. The first-order valence-corrected chi connectivity index (χ1v) is 6.98. The van der Waals surface area contributed by atoms with Gasteiger partial charge in [0.1, 0.15) is 5.82 Å². The van der Waals surface area contributed by atoms with Crippen molar-refractivity contribution >= 4 is 17.2 Å². The maximum absolute atomic E-state index is 5.93. The summed E-state index contributed by atoms with van der Waals surface area (Å²) in [5, 5.41) is 11.9. The van der Waals surface area contributed by atoms with Gasteiger partial charge in [-0.15, -0.1) is 5.10 Å². The summed E-state index contributed by atoms with van der Waals surface area (Å²) in [7, 11) is 0. The fraction of sp³-hybridized carbons (Fsp3) is 0.143. The molecule has 3 heterocycles. The Balaban J connectivity index is 1.99.